The second-order valence-corrected chi connectivity index (χ2v) is 4.89. The van der Waals surface area contributed by atoms with Crippen LogP contribution in [0, 0.1) is 0 Å². The number of rotatable bonds is 1. The Morgan fingerprint density at radius 1 is 1.28 bits per heavy atom. The Labute approximate surface area is 104 Å². The molecule has 2 aliphatic rings. The highest BCUT2D eigenvalue weighted by molar-refractivity contribution is 5.73. The summed E-state index contributed by atoms with van der Waals surface area (Å²) in [5, 5.41) is 10.5. The van der Waals surface area contributed by atoms with Gasteiger partial charge in [0.2, 0.25) is 0 Å². The van der Waals surface area contributed by atoms with Crippen molar-refractivity contribution >= 4 is 5.97 Å². The van der Waals surface area contributed by atoms with Crippen LogP contribution in [0.15, 0.2) is 0 Å². The van der Waals surface area contributed by atoms with Crippen LogP contribution in [0.2, 0.25) is 0 Å². The number of piperazine rings is 1. The van der Waals surface area contributed by atoms with E-state index in [0.29, 0.717) is 5.54 Å². The third-order valence-electron chi connectivity index (χ3n) is 3.55. The molecule has 1 aliphatic heterocycles. The fraction of sp³-hybridized carbons (Fsp3) is 0.909. The molecule has 106 valence electrons. The molecule has 0 atom stereocenters. The van der Waals surface area contributed by atoms with Gasteiger partial charge in [0, 0.05) is 31.7 Å². The normalized spacial score (nSPS) is 23.6. The monoisotopic (exact) mass is 268 g/mol. The van der Waals surface area contributed by atoms with Gasteiger partial charge in [0.15, 0.2) is 0 Å². The zero-order valence-electron chi connectivity index (χ0n) is 10.4. The minimum absolute atomic E-state index is 0.585. The van der Waals surface area contributed by atoms with Crippen molar-refractivity contribution in [1.82, 2.24) is 10.2 Å². The lowest BCUT2D eigenvalue weighted by atomic mass is 9.77. The summed E-state index contributed by atoms with van der Waals surface area (Å²) >= 11 is 0. The van der Waals surface area contributed by atoms with Crippen molar-refractivity contribution in [3.63, 3.8) is 0 Å². The Hall–Kier alpha value is -0.820. The van der Waals surface area contributed by atoms with Crippen LogP contribution in [-0.4, -0.2) is 53.9 Å². The second-order valence-electron chi connectivity index (χ2n) is 4.89. The molecule has 1 heterocycles. The van der Waals surface area contributed by atoms with Gasteiger partial charge in [-0.15, -0.1) is 0 Å². The van der Waals surface area contributed by atoms with Gasteiger partial charge in [0.25, 0.3) is 0 Å². The summed E-state index contributed by atoms with van der Waals surface area (Å²) in [5.41, 5.74) is 0.585. The summed E-state index contributed by atoms with van der Waals surface area (Å²) in [6, 6.07) is 0. The summed E-state index contributed by atoms with van der Waals surface area (Å²) in [6.45, 7) is 7.32. The van der Waals surface area contributed by atoms with E-state index in [-0.39, 0.29) is 0 Å². The first kappa shape index (κ1) is 15.2. The fourth-order valence-corrected chi connectivity index (χ4v) is 2.21. The Morgan fingerprint density at radius 2 is 1.72 bits per heavy atom. The molecule has 0 aromatic heterocycles. The molecular weight excluding hydrogens is 249 g/mol. The van der Waals surface area contributed by atoms with Gasteiger partial charge in [-0.25, -0.2) is 4.79 Å². The van der Waals surface area contributed by atoms with Gasteiger partial charge >= 0.3 is 12.1 Å². The van der Waals surface area contributed by atoms with Crippen LogP contribution in [0.4, 0.5) is 13.2 Å². The van der Waals surface area contributed by atoms with Crippen molar-refractivity contribution in [3.8, 4) is 0 Å². The molecule has 1 saturated heterocycles. The highest BCUT2D eigenvalue weighted by atomic mass is 19.4. The van der Waals surface area contributed by atoms with Gasteiger partial charge in [0.05, 0.1) is 0 Å². The maximum Gasteiger partial charge on any atom is 0.490 e. The van der Waals surface area contributed by atoms with Crippen LogP contribution in [0.25, 0.3) is 0 Å². The molecule has 2 fully saturated rings. The van der Waals surface area contributed by atoms with E-state index < -0.39 is 12.1 Å². The molecule has 0 spiro atoms. The topological polar surface area (TPSA) is 52.6 Å². The molecule has 2 N–H and O–H groups in total. The minimum atomic E-state index is -5.08. The van der Waals surface area contributed by atoms with E-state index in [9.17, 15) is 13.2 Å². The molecule has 0 unspecified atom stereocenters. The van der Waals surface area contributed by atoms with E-state index in [1.54, 1.807) is 0 Å². The zero-order chi connectivity index (χ0) is 13.8. The first-order valence-electron chi connectivity index (χ1n) is 6.01. The van der Waals surface area contributed by atoms with Crippen molar-refractivity contribution in [1.29, 1.82) is 0 Å². The van der Waals surface area contributed by atoms with E-state index in [1.165, 1.54) is 45.4 Å². The molecular formula is C11H19F3N2O2. The van der Waals surface area contributed by atoms with E-state index in [4.69, 9.17) is 9.90 Å². The molecule has 18 heavy (non-hydrogen) atoms. The van der Waals surface area contributed by atoms with Crippen LogP contribution in [0.3, 0.4) is 0 Å². The lowest BCUT2D eigenvalue weighted by Crippen LogP contribution is -2.57. The largest absolute Gasteiger partial charge is 0.490 e. The maximum atomic E-state index is 10.6. The Kier molecular flexibility index (Phi) is 4.98. The molecule has 1 aliphatic carbocycles. The number of nitrogens with zero attached hydrogens (tertiary/aromatic N) is 1. The molecule has 7 heteroatoms. The fourth-order valence-electron chi connectivity index (χ4n) is 2.21. The number of halogens is 3. The number of alkyl halides is 3. The number of hydrogen-bond donors (Lipinski definition) is 2. The zero-order valence-corrected chi connectivity index (χ0v) is 10.4. The Balaban J connectivity index is 0.000000203. The molecule has 4 nitrogen and oxygen atoms in total. The van der Waals surface area contributed by atoms with Crippen LogP contribution < -0.4 is 5.32 Å². The van der Waals surface area contributed by atoms with Crippen molar-refractivity contribution in [2.75, 3.05) is 26.2 Å². The molecule has 2 rings (SSSR count). The summed E-state index contributed by atoms with van der Waals surface area (Å²) in [7, 11) is 0. The van der Waals surface area contributed by atoms with Gasteiger partial charge in [-0.3, -0.25) is 4.90 Å². The number of carbonyl (C=O) groups is 1. The molecule has 0 amide bonds. The lowest BCUT2D eigenvalue weighted by Gasteiger charge is -2.49. The van der Waals surface area contributed by atoms with Gasteiger partial charge in [-0.2, -0.15) is 13.2 Å². The predicted molar refractivity (Wildman–Crippen MR) is 60.4 cm³/mol. The van der Waals surface area contributed by atoms with Gasteiger partial charge < -0.3 is 10.4 Å². The highest BCUT2D eigenvalue weighted by Crippen LogP contribution is 2.36. The summed E-state index contributed by atoms with van der Waals surface area (Å²) < 4.78 is 31.7. The first-order valence-corrected chi connectivity index (χ1v) is 6.01. The number of aliphatic carboxylic acids is 1. The predicted octanol–water partition coefficient (Wildman–Crippen LogP) is 1.47. The van der Waals surface area contributed by atoms with E-state index in [1.807, 2.05) is 0 Å². The number of nitrogens with one attached hydrogen (secondary N) is 1. The van der Waals surface area contributed by atoms with Crippen molar-refractivity contribution in [2.24, 2.45) is 0 Å². The number of carboxylic acid groups (broad SMARTS) is 1. The molecule has 0 aromatic carbocycles. The molecule has 0 bridgehead atoms. The third kappa shape index (κ3) is 4.13. The summed E-state index contributed by atoms with van der Waals surface area (Å²) in [5.74, 6) is -2.76. The number of carboxylic acids is 1. The van der Waals surface area contributed by atoms with Crippen LogP contribution >= 0.6 is 0 Å². The smallest absolute Gasteiger partial charge is 0.475 e. The molecule has 0 radical (unpaired) electrons. The van der Waals surface area contributed by atoms with Crippen LogP contribution in [-0.2, 0) is 4.79 Å². The van der Waals surface area contributed by atoms with E-state index in [2.05, 4.69) is 17.1 Å². The van der Waals surface area contributed by atoms with E-state index in [0.717, 1.165) is 0 Å². The molecule has 1 saturated carbocycles. The van der Waals surface area contributed by atoms with Crippen LogP contribution in [0.5, 0.6) is 0 Å². The van der Waals surface area contributed by atoms with Crippen molar-refractivity contribution in [2.45, 2.75) is 37.9 Å². The third-order valence-corrected chi connectivity index (χ3v) is 3.55. The molecule has 0 aromatic rings. The van der Waals surface area contributed by atoms with Gasteiger partial charge in [0.1, 0.15) is 0 Å². The summed E-state index contributed by atoms with van der Waals surface area (Å²) in [6.07, 6.45) is -0.791. The van der Waals surface area contributed by atoms with Gasteiger partial charge in [-0.05, 0) is 26.2 Å². The first-order chi connectivity index (χ1) is 8.26. The summed E-state index contributed by atoms with van der Waals surface area (Å²) in [4.78, 5) is 11.6. The quantitative estimate of drug-likeness (QED) is 0.756. The SMILES string of the molecule is CC1(N2CCNCC2)CCC1.O=C(O)C(F)(F)F. The highest BCUT2D eigenvalue weighted by Gasteiger charge is 2.38. The average molecular weight is 268 g/mol. The van der Waals surface area contributed by atoms with Crippen LogP contribution in [0.1, 0.15) is 26.2 Å². The average Bonchev–Trinajstić information content (AvgIpc) is 2.26. The van der Waals surface area contributed by atoms with Crippen molar-refractivity contribution in [3.05, 3.63) is 0 Å². The van der Waals surface area contributed by atoms with E-state index >= 15 is 0 Å². The van der Waals surface area contributed by atoms with Gasteiger partial charge in [-0.1, -0.05) is 0 Å². The Bertz CT molecular complexity index is 285. The van der Waals surface area contributed by atoms with Crippen molar-refractivity contribution < 1.29 is 23.1 Å². The maximum absolute atomic E-state index is 10.6. The minimum Gasteiger partial charge on any atom is -0.475 e. The second kappa shape index (κ2) is 5.88. The lowest BCUT2D eigenvalue weighted by molar-refractivity contribution is -0.192. The standard InChI is InChI=1S/C9H18N2.C2HF3O2/c1-9(3-2-4-9)11-7-5-10-6-8-11;3-2(4,5)1(6)7/h10H,2-8H2,1H3;(H,6,7). The Morgan fingerprint density at radius 3 is 2.00 bits per heavy atom. The number of hydrogen-bond acceptors (Lipinski definition) is 3.